The smallest absolute Gasteiger partial charge is 0.337 e. The second kappa shape index (κ2) is 8.49. The molecule has 0 radical (unpaired) electrons. The Morgan fingerprint density at radius 2 is 1.92 bits per heavy atom. The summed E-state index contributed by atoms with van der Waals surface area (Å²) in [7, 11) is 1.33. The van der Waals surface area contributed by atoms with Gasteiger partial charge < -0.3 is 14.6 Å². The molecule has 8 heteroatoms. The maximum atomic E-state index is 12.1. The first-order chi connectivity index (χ1) is 11.6. The summed E-state index contributed by atoms with van der Waals surface area (Å²) < 4.78 is 6.64. The number of amides is 1. The summed E-state index contributed by atoms with van der Waals surface area (Å²) in [5.74, 6) is 0.600. The molecule has 1 amide bonds. The largest absolute Gasteiger partial charge is 0.465 e. The number of esters is 1. The summed E-state index contributed by atoms with van der Waals surface area (Å²) >= 11 is 1.35. The summed E-state index contributed by atoms with van der Waals surface area (Å²) in [4.78, 5) is 23.4. The fourth-order valence-electron chi connectivity index (χ4n) is 2.14. The number of nitrogens with one attached hydrogen (secondary N) is 1. The highest BCUT2D eigenvalue weighted by Gasteiger charge is 2.12. The summed E-state index contributed by atoms with van der Waals surface area (Å²) in [6, 6.07) is 6.54. The maximum Gasteiger partial charge on any atom is 0.337 e. The zero-order valence-corrected chi connectivity index (χ0v) is 14.7. The highest BCUT2D eigenvalue weighted by atomic mass is 32.2. The molecule has 2 rings (SSSR count). The van der Waals surface area contributed by atoms with Gasteiger partial charge in [0.1, 0.15) is 5.82 Å². The van der Waals surface area contributed by atoms with E-state index in [4.69, 9.17) is 0 Å². The summed E-state index contributed by atoms with van der Waals surface area (Å²) in [6.45, 7) is 4.82. The average Bonchev–Trinajstić information content (AvgIpc) is 3.01. The van der Waals surface area contributed by atoms with Crippen molar-refractivity contribution in [2.75, 3.05) is 18.2 Å². The molecule has 0 saturated carbocycles. The molecule has 1 N–H and O–H groups in total. The van der Waals surface area contributed by atoms with Crippen molar-refractivity contribution in [1.82, 2.24) is 14.8 Å². The third-order valence-corrected chi connectivity index (χ3v) is 4.31. The normalized spacial score (nSPS) is 10.5. The van der Waals surface area contributed by atoms with Crippen LogP contribution in [0.3, 0.4) is 0 Å². The minimum absolute atomic E-state index is 0.144. The fraction of sp³-hybridized carbons (Fsp3) is 0.375. The van der Waals surface area contributed by atoms with Crippen LogP contribution in [0.2, 0.25) is 0 Å². The lowest BCUT2D eigenvalue weighted by molar-refractivity contribution is -0.113. The van der Waals surface area contributed by atoms with Crippen LogP contribution >= 0.6 is 11.8 Å². The summed E-state index contributed by atoms with van der Waals surface area (Å²) in [5, 5.41) is 11.8. The quantitative estimate of drug-likeness (QED) is 0.611. The van der Waals surface area contributed by atoms with Gasteiger partial charge in [-0.1, -0.05) is 18.7 Å². The van der Waals surface area contributed by atoms with E-state index in [2.05, 4.69) is 20.3 Å². The first kappa shape index (κ1) is 18.0. The molecule has 0 fully saturated rings. The van der Waals surface area contributed by atoms with Crippen molar-refractivity contribution >= 4 is 29.3 Å². The second-order valence-corrected chi connectivity index (χ2v) is 5.84. The number of thioether (sulfide) groups is 1. The number of hydrogen-bond acceptors (Lipinski definition) is 6. The number of aromatic nitrogens is 3. The number of carbonyl (C=O) groups is 2. The average molecular weight is 348 g/mol. The second-order valence-electron chi connectivity index (χ2n) is 4.90. The molecule has 1 heterocycles. The van der Waals surface area contributed by atoms with E-state index in [-0.39, 0.29) is 11.7 Å². The Balaban J connectivity index is 1.92. The number of hydrogen-bond donors (Lipinski definition) is 1. The topological polar surface area (TPSA) is 86.1 Å². The van der Waals surface area contributed by atoms with E-state index >= 15 is 0 Å². The molecular formula is C16H20N4O3S. The molecule has 0 unspecified atom stereocenters. The molecule has 0 bridgehead atoms. The minimum atomic E-state index is -0.408. The monoisotopic (exact) mass is 348 g/mol. The van der Waals surface area contributed by atoms with Crippen LogP contribution in [0.15, 0.2) is 29.4 Å². The van der Waals surface area contributed by atoms with E-state index < -0.39 is 5.97 Å². The predicted octanol–water partition coefficient (Wildman–Crippen LogP) is 2.38. The van der Waals surface area contributed by atoms with Crippen molar-refractivity contribution in [2.24, 2.45) is 0 Å². The fourth-order valence-corrected chi connectivity index (χ4v) is 2.96. The van der Waals surface area contributed by atoms with Gasteiger partial charge in [-0.05, 0) is 31.2 Å². The van der Waals surface area contributed by atoms with Crippen molar-refractivity contribution in [1.29, 1.82) is 0 Å². The van der Waals surface area contributed by atoms with Gasteiger partial charge in [-0.3, -0.25) is 4.79 Å². The van der Waals surface area contributed by atoms with E-state index in [0.29, 0.717) is 11.3 Å². The van der Waals surface area contributed by atoms with Crippen molar-refractivity contribution in [3.05, 3.63) is 35.7 Å². The Morgan fingerprint density at radius 1 is 1.21 bits per heavy atom. The van der Waals surface area contributed by atoms with Crippen LogP contribution < -0.4 is 5.32 Å². The number of nitrogens with zero attached hydrogens (tertiary/aromatic N) is 3. The first-order valence-electron chi connectivity index (χ1n) is 7.62. The van der Waals surface area contributed by atoms with Crippen LogP contribution in [0.1, 0.15) is 30.0 Å². The van der Waals surface area contributed by atoms with Crippen LogP contribution in [0, 0.1) is 0 Å². The Kier molecular flexibility index (Phi) is 6.36. The number of carbonyl (C=O) groups excluding carboxylic acids is 2. The third kappa shape index (κ3) is 4.35. The summed E-state index contributed by atoms with van der Waals surface area (Å²) in [6.07, 6.45) is 0.806. The van der Waals surface area contributed by atoms with E-state index in [1.54, 1.807) is 24.3 Å². The molecule has 7 nitrogen and oxygen atoms in total. The molecule has 2 aromatic rings. The highest BCUT2D eigenvalue weighted by molar-refractivity contribution is 7.99. The van der Waals surface area contributed by atoms with Gasteiger partial charge in [0.25, 0.3) is 0 Å². The highest BCUT2D eigenvalue weighted by Crippen LogP contribution is 2.18. The maximum absolute atomic E-state index is 12.1. The lowest BCUT2D eigenvalue weighted by Crippen LogP contribution is -2.15. The van der Waals surface area contributed by atoms with E-state index in [1.165, 1.54) is 18.9 Å². The molecule has 0 aliphatic rings. The van der Waals surface area contributed by atoms with Gasteiger partial charge in [0.05, 0.1) is 18.4 Å². The lowest BCUT2D eigenvalue weighted by Gasteiger charge is -2.07. The van der Waals surface area contributed by atoms with E-state index in [1.807, 2.05) is 18.4 Å². The minimum Gasteiger partial charge on any atom is -0.465 e. The van der Waals surface area contributed by atoms with Gasteiger partial charge in [0.2, 0.25) is 5.91 Å². The zero-order chi connectivity index (χ0) is 17.5. The lowest BCUT2D eigenvalue weighted by atomic mass is 10.2. The van der Waals surface area contributed by atoms with Gasteiger partial charge in [0.15, 0.2) is 5.16 Å². The van der Waals surface area contributed by atoms with Gasteiger partial charge in [0, 0.05) is 18.7 Å². The Bertz CT molecular complexity index is 713. The summed E-state index contributed by atoms with van der Waals surface area (Å²) in [5.41, 5.74) is 1.06. The number of ether oxygens (including phenoxy) is 1. The number of anilines is 1. The number of aryl methyl sites for hydroxylation is 1. The van der Waals surface area contributed by atoms with Crippen molar-refractivity contribution in [3.8, 4) is 0 Å². The van der Waals surface area contributed by atoms with Gasteiger partial charge in [-0.15, -0.1) is 10.2 Å². The van der Waals surface area contributed by atoms with Crippen molar-refractivity contribution in [3.63, 3.8) is 0 Å². The van der Waals surface area contributed by atoms with E-state index in [9.17, 15) is 9.59 Å². The predicted molar refractivity (Wildman–Crippen MR) is 92.2 cm³/mol. The molecule has 0 atom stereocenters. The van der Waals surface area contributed by atoms with Crippen LogP contribution in [0.25, 0.3) is 0 Å². The van der Waals surface area contributed by atoms with Crippen LogP contribution in [-0.2, 0) is 22.5 Å². The number of rotatable bonds is 7. The third-order valence-electron chi connectivity index (χ3n) is 3.35. The molecule has 0 aliphatic carbocycles. The van der Waals surface area contributed by atoms with E-state index in [0.717, 1.165) is 23.9 Å². The van der Waals surface area contributed by atoms with Gasteiger partial charge in [-0.25, -0.2) is 4.79 Å². The zero-order valence-electron chi connectivity index (χ0n) is 13.9. The molecule has 0 aliphatic heterocycles. The number of benzene rings is 1. The first-order valence-corrected chi connectivity index (χ1v) is 8.60. The van der Waals surface area contributed by atoms with Gasteiger partial charge >= 0.3 is 5.97 Å². The van der Waals surface area contributed by atoms with Crippen LogP contribution in [-0.4, -0.2) is 39.5 Å². The molecule has 128 valence electrons. The molecule has 1 aromatic heterocycles. The van der Waals surface area contributed by atoms with Crippen molar-refractivity contribution in [2.45, 2.75) is 32.0 Å². The molecule has 0 spiro atoms. The Labute approximate surface area is 144 Å². The molecule has 0 saturated heterocycles. The Hall–Kier alpha value is -2.35. The SMILES string of the molecule is CCc1nnc(SCC(=O)Nc2ccc(C(=O)OC)cc2)n1CC. The van der Waals surface area contributed by atoms with Crippen LogP contribution in [0.5, 0.6) is 0 Å². The molecule has 24 heavy (non-hydrogen) atoms. The van der Waals surface area contributed by atoms with Gasteiger partial charge in [-0.2, -0.15) is 0 Å². The van der Waals surface area contributed by atoms with Crippen molar-refractivity contribution < 1.29 is 14.3 Å². The molecular weight excluding hydrogens is 328 g/mol. The Morgan fingerprint density at radius 3 is 2.50 bits per heavy atom. The number of methoxy groups -OCH3 is 1. The standard InChI is InChI=1S/C16H20N4O3S/c1-4-13-18-19-16(20(13)5-2)24-10-14(21)17-12-8-6-11(7-9-12)15(22)23-3/h6-9H,4-5,10H2,1-3H3,(H,17,21). The van der Waals surface area contributed by atoms with Crippen LogP contribution in [0.4, 0.5) is 5.69 Å². The molecule has 1 aromatic carbocycles.